The average molecular weight is 393 g/mol. The first kappa shape index (κ1) is 20.1. The first-order chi connectivity index (χ1) is 14.1. The Balaban J connectivity index is 1.92. The number of amides is 1. The molecule has 0 saturated carbocycles. The van der Waals surface area contributed by atoms with Crippen molar-refractivity contribution in [2.24, 2.45) is 0 Å². The van der Waals surface area contributed by atoms with Gasteiger partial charge in [0.05, 0.1) is 25.6 Å². The van der Waals surface area contributed by atoms with E-state index in [2.05, 4.69) is 10.4 Å². The number of benzene rings is 2. The van der Waals surface area contributed by atoms with E-state index in [4.69, 9.17) is 9.47 Å². The molecule has 0 spiro atoms. The van der Waals surface area contributed by atoms with Gasteiger partial charge in [0.15, 0.2) is 0 Å². The summed E-state index contributed by atoms with van der Waals surface area (Å²) in [6.45, 7) is 1.83. The van der Waals surface area contributed by atoms with E-state index in [-0.39, 0.29) is 11.5 Å². The highest BCUT2D eigenvalue weighted by Crippen LogP contribution is 2.30. The number of nitrogens with one attached hydrogen (secondary N) is 1. The van der Waals surface area contributed by atoms with Crippen molar-refractivity contribution in [1.82, 2.24) is 9.78 Å². The summed E-state index contributed by atoms with van der Waals surface area (Å²) in [5.74, 6) is 0.724. The Morgan fingerprint density at radius 1 is 1.07 bits per heavy atom. The van der Waals surface area contributed by atoms with Gasteiger partial charge in [0, 0.05) is 17.7 Å². The van der Waals surface area contributed by atoms with E-state index >= 15 is 0 Å². The van der Waals surface area contributed by atoms with E-state index < -0.39 is 6.04 Å². The summed E-state index contributed by atoms with van der Waals surface area (Å²) in [6.07, 6.45) is 0.398. The second-order valence-corrected chi connectivity index (χ2v) is 6.35. The summed E-state index contributed by atoms with van der Waals surface area (Å²) in [4.78, 5) is 25.4. The van der Waals surface area contributed by atoms with Gasteiger partial charge in [-0.1, -0.05) is 37.3 Å². The second-order valence-electron chi connectivity index (χ2n) is 6.35. The van der Waals surface area contributed by atoms with Gasteiger partial charge >= 0.3 is 0 Å². The summed E-state index contributed by atoms with van der Waals surface area (Å²) >= 11 is 0. The van der Waals surface area contributed by atoms with Gasteiger partial charge in [0.1, 0.15) is 17.5 Å². The van der Waals surface area contributed by atoms with Crippen LogP contribution in [0.3, 0.4) is 0 Å². The van der Waals surface area contributed by atoms with Gasteiger partial charge in [-0.05, 0) is 24.6 Å². The Kier molecular flexibility index (Phi) is 6.29. The molecule has 0 aliphatic rings. The van der Waals surface area contributed by atoms with Crippen LogP contribution in [0.25, 0.3) is 11.3 Å². The van der Waals surface area contributed by atoms with Crippen molar-refractivity contribution in [3.05, 3.63) is 71.0 Å². The predicted octanol–water partition coefficient (Wildman–Crippen LogP) is 3.52. The Bertz CT molecular complexity index is 1050. The molecule has 2 aromatic carbocycles. The normalized spacial score (nSPS) is 11.6. The highest BCUT2D eigenvalue weighted by molar-refractivity contribution is 5.95. The molecule has 1 N–H and O–H groups in total. The van der Waals surface area contributed by atoms with Crippen LogP contribution in [0.2, 0.25) is 0 Å². The molecule has 1 atom stereocenters. The summed E-state index contributed by atoms with van der Waals surface area (Å²) in [5, 5.41) is 7.27. The predicted molar refractivity (Wildman–Crippen MR) is 111 cm³/mol. The fourth-order valence-electron chi connectivity index (χ4n) is 3.00. The maximum atomic E-state index is 13.0. The molecule has 150 valence electrons. The Morgan fingerprint density at radius 2 is 1.83 bits per heavy atom. The second kappa shape index (κ2) is 9.05. The third-order valence-electron chi connectivity index (χ3n) is 4.55. The van der Waals surface area contributed by atoms with Crippen LogP contribution in [0.15, 0.2) is 65.5 Å². The molecule has 0 fully saturated rings. The number of aromatic nitrogens is 2. The van der Waals surface area contributed by atoms with E-state index in [1.165, 1.54) is 17.9 Å². The summed E-state index contributed by atoms with van der Waals surface area (Å²) in [6, 6.07) is 16.9. The molecule has 0 radical (unpaired) electrons. The number of nitrogens with zero attached hydrogens (tertiary/aromatic N) is 2. The van der Waals surface area contributed by atoms with Gasteiger partial charge in [-0.15, -0.1) is 0 Å². The Hall–Kier alpha value is -3.61. The summed E-state index contributed by atoms with van der Waals surface area (Å²) in [7, 11) is 3.06. The van der Waals surface area contributed by atoms with Crippen molar-refractivity contribution >= 4 is 11.6 Å². The number of anilines is 1. The molecule has 3 rings (SSSR count). The molecule has 3 aromatic rings. The smallest absolute Gasteiger partial charge is 0.267 e. The number of carbonyl (C=O) groups excluding carboxylic acids is 1. The lowest BCUT2D eigenvalue weighted by Crippen LogP contribution is -2.34. The lowest BCUT2D eigenvalue weighted by Gasteiger charge is -2.18. The van der Waals surface area contributed by atoms with Crippen molar-refractivity contribution in [1.29, 1.82) is 0 Å². The Labute approximate surface area is 168 Å². The maximum absolute atomic E-state index is 13.0. The van der Waals surface area contributed by atoms with Crippen LogP contribution in [0.4, 0.5) is 5.69 Å². The summed E-state index contributed by atoms with van der Waals surface area (Å²) in [5.41, 5.74) is 1.64. The molecule has 0 unspecified atom stereocenters. The number of hydrogen-bond acceptors (Lipinski definition) is 5. The van der Waals surface area contributed by atoms with Crippen molar-refractivity contribution in [3.63, 3.8) is 0 Å². The first-order valence-corrected chi connectivity index (χ1v) is 9.25. The minimum Gasteiger partial charge on any atom is -0.497 e. The van der Waals surface area contributed by atoms with Crippen molar-refractivity contribution in [2.75, 3.05) is 19.5 Å². The number of ether oxygens (including phenoxy) is 2. The molecule has 1 heterocycles. The van der Waals surface area contributed by atoms with Crippen LogP contribution in [0.5, 0.6) is 11.5 Å². The van der Waals surface area contributed by atoms with Crippen LogP contribution < -0.4 is 20.3 Å². The van der Waals surface area contributed by atoms with Gasteiger partial charge in [-0.2, -0.15) is 5.10 Å². The van der Waals surface area contributed by atoms with Gasteiger partial charge < -0.3 is 14.8 Å². The minimum absolute atomic E-state index is 0.339. The first-order valence-electron chi connectivity index (χ1n) is 9.25. The molecule has 7 heteroatoms. The van der Waals surface area contributed by atoms with Gasteiger partial charge in [-0.3, -0.25) is 9.59 Å². The third kappa shape index (κ3) is 4.45. The van der Waals surface area contributed by atoms with Crippen LogP contribution in [-0.4, -0.2) is 29.9 Å². The minimum atomic E-state index is -0.766. The molecule has 0 aliphatic carbocycles. The van der Waals surface area contributed by atoms with Gasteiger partial charge in [0.25, 0.3) is 5.56 Å². The standard InChI is InChI=1S/C22H23N3O4/c1-4-19(22(27)23-18-11-10-16(28-2)14-20(18)29-3)25-21(26)13-12-17(24-25)15-8-6-5-7-9-15/h5-14,19H,4H2,1-3H3,(H,23,27)/t19-/m0/s1. The molecule has 1 aromatic heterocycles. The lowest BCUT2D eigenvalue weighted by atomic mass is 10.1. The van der Waals surface area contributed by atoms with Crippen LogP contribution in [-0.2, 0) is 4.79 Å². The molecule has 0 bridgehead atoms. The van der Waals surface area contributed by atoms with E-state index in [9.17, 15) is 9.59 Å². The zero-order valence-corrected chi connectivity index (χ0v) is 16.6. The summed E-state index contributed by atoms with van der Waals surface area (Å²) < 4.78 is 11.7. The van der Waals surface area contributed by atoms with Crippen LogP contribution in [0.1, 0.15) is 19.4 Å². The maximum Gasteiger partial charge on any atom is 0.267 e. The lowest BCUT2D eigenvalue weighted by molar-refractivity contribution is -0.119. The fourth-order valence-corrected chi connectivity index (χ4v) is 3.00. The van der Waals surface area contributed by atoms with Gasteiger partial charge in [0.2, 0.25) is 5.91 Å². The monoisotopic (exact) mass is 393 g/mol. The number of rotatable bonds is 7. The van der Waals surface area contributed by atoms with Crippen molar-refractivity contribution in [3.8, 4) is 22.8 Å². The number of carbonyl (C=O) groups is 1. The van der Waals surface area contributed by atoms with Crippen molar-refractivity contribution in [2.45, 2.75) is 19.4 Å². The highest BCUT2D eigenvalue weighted by atomic mass is 16.5. The van der Waals surface area contributed by atoms with E-state index in [1.807, 2.05) is 37.3 Å². The van der Waals surface area contributed by atoms with Gasteiger partial charge in [-0.25, -0.2) is 4.68 Å². The van der Waals surface area contributed by atoms with Crippen LogP contribution in [0, 0.1) is 0 Å². The average Bonchev–Trinajstić information content (AvgIpc) is 2.76. The SMILES string of the molecule is CC[C@@H](C(=O)Nc1ccc(OC)cc1OC)n1nc(-c2ccccc2)ccc1=O. The highest BCUT2D eigenvalue weighted by Gasteiger charge is 2.22. The van der Waals surface area contributed by atoms with E-state index in [1.54, 1.807) is 31.4 Å². The number of methoxy groups -OCH3 is 2. The number of hydrogen-bond donors (Lipinski definition) is 1. The molecule has 1 amide bonds. The Morgan fingerprint density at radius 3 is 2.48 bits per heavy atom. The molecular weight excluding hydrogens is 370 g/mol. The topological polar surface area (TPSA) is 82.4 Å². The largest absolute Gasteiger partial charge is 0.497 e. The third-order valence-corrected chi connectivity index (χ3v) is 4.55. The van der Waals surface area contributed by atoms with Crippen LogP contribution >= 0.6 is 0 Å². The van der Waals surface area contributed by atoms with E-state index in [0.717, 1.165) is 5.56 Å². The van der Waals surface area contributed by atoms with Crippen molar-refractivity contribution < 1.29 is 14.3 Å². The zero-order chi connectivity index (χ0) is 20.8. The zero-order valence-electron chi connectivity index (χ0n) is 16.6. The molecule has 0 saturated heterocycles. The van der Waals surface area contributed by atoms with E-state index in [0.29, 0.717) is 29.3 Å². The molecule has 7 nitrogen and oxygen atoms in total. The molecule has 0 aliphatic heterocycles. The quantitative estimate of drug-likeness (QED) is 0.664. The molecular formula is C22H23N3O4. The molecule has 29 heavy (non-hydrogen) atoms. The fraction of sp³-hybridized carbons (Fsp3) is 0.227.